The first-order valence-corrected chi connectivity index (χ1v) is 21.9. The molecule has 0 aliphatic heterocycles. The fraction of sp³-hybridized carbons (Fsp3) is 0. The van der Waals surface area contributed by atoms with Crippen LogP contribution in [0, 0.1) is 0 Å². The van der Waals surface area contributed by atoms with E-state index < -0.39 is 0 Å². The lowest BCUT2D eigenvalue weighted by molar-refractivity contribution is 0.585. The normalized spacial score (nSPS) is 11.6. The van der Waals surface area contributed by atoms with Crippen LogP contribution in [-0.2, 0) is 0 Å². The molecule has 0 fully saturated rings. The molecule has 0 aliphatic carbocycles. The molecular weight excluding hydrogens is 829 g/mol. The summed E-state index contributed by atoms with van der Waals surface area (Å²) in [6.45, 7) is 0. The van der Waals surface area contributed by atoms with Crippen molar-refractivity contribution in [3.05, 3.63) is 206 Å². The van der Waals surface area contributed by atoms with Gasteiger partial charge in [0.05, 0.1) is 22.1 Å². The lowest BCUT2D eigenvalue weighted by atomic mass is 10.1. The molecule has 0 radical (unpaired) electrons. The number of hydrogen-bond acceptors (Lipinski definition) is 9. The summed E-state index contributed by atoms with van der Waals surface area (Å²) in [5, 5.41) is 13.2. The molecule has 0 amide bonds. The van der Waals surface area contributed by atoms with Gasteiger partial charge >= 0.3 is 0 Å². The molecule has 314 valence electrons. The lowest BCUT2D eigenvalue weighted by Crippen LogP contribution is -2.06. The highest BCUT2D eigenvalue weighted by Gasteiger charge is 2.22. The van der Waals surface area contributed by atoms with Crippen LogP contribution in [0.1, 0.15) is 0 Å². The smallest absolute Gasteiger partial charge is 0.248 e. The molecule has 0 aliphatic rings. The van der Waals surface area contributed by atoms with Crippen LogP contribution in [0.15, 0.2) is 211 Å². The van der Waals surface area contributed by atoms with Crippen LogP contribution in [0.25, 0.3) is 124 Å². The van der Waals surface area contributed by atoms with Crippen LogP contribution in [0.3, 0.4) is 0 Å². The Morgan fingerprint density at radius 2 is 0.582 bits per heavy atom. The molecule has 67 heavy (non-hydrogen) atoms. The van der Waals surface area contributed by atoms with Gasteiger partial charge in [-0.05, 0) is 48.5 Å². The summed E-state index contributed by atoms with van der Waals surface area (Å²) in [4.78, 5) is 30.1. The maximum Gasteiger partial charge on any atom is 0.248 e. The Labute approximate surface area is 382 Å². The molecule has 0 atom stereocenters. The molecule has 11 heteroatoms. The predicted octanol–water partition coefficient (Wildman–Crippen LogP) is 12.6. The summed E-state index contributed by atoms with van der Waals surface area (Å²) in [5.41, 5.74) is 8.97. The minimum absolute atomic E-state index is 0.404. The molecule has 0 saturated heterocycles. The largest absolute Gasteiger partial charge is 0.416 e. The number of rotatable bonds is 8. The highest BCUT2D eigenvalue weighted by Crippen LogP contribution is 2.38. The van der Waals surface area contributed by atoms with E-state index in [2.05, 4.69) is 67.9 Å². The highest BCUT2D eigenvalue weighted by molar-refractivity contribution is 6.11. The van der Waals surface area contributed by atoms with Crippen molar-refractivity contribution in [2.24, 2.45) is 0 Å². The summed E-state index contributed by atoms with van der Waals surface area (Å²) in [6.07, 6.45) is 0. The molecule has 13 rings (SSSR count). The zero-order valence-electron chi connectivity index (χ0n) is 35.5. The van der Waals surface area contributed by atoms with Gasteiger partial charge in [0.15, 0.2) is 23.3 Å². The molecule has 0 bridgehead atoms. The number of para-hydroxylation sites is 2. The van der Waals surface area contributed by atoms with Gasteiger partial charge in [-0.3, -0.25) is 9.13 Å². The van der Waals surface area contributed by atoms with Crippen molar-refractivity contribution in [2.75, 3.05) is 0 Å². The Kier molecular flexibility index (Phi) is 8.88. The minimum Gasteiger partial charge on any atom is -0.416 e. The monoisotopic (exact) mass is 862 g/mol. The lowest BCUT2D eigenvalue weighted by Gasteiger charge is -2.11. The summed E-state index contributed by atoms with van der Waals surface area (Å²) in [7, 11) is 0. The van der Waals surface area contributed by atoms with Gasteiger partial charge in [-0.2, -0.15) is 19.9 Å². The van der Waals surface area contributed by atoms with Crippen LogP contribution < -0.4 is 0 Å². The van der Waals surface area contributed by atoms with E-state index >= 15 is 0 Å². The molecule has 11 nitrogen and oxygen atoms in total. The number of hydrogen-bond donors (Lipinski definition) is 0. The van der Waals surface area contributed by atoms with Crippen LogP contribution in [-0.4, -0.2) is 49.2 Å². The van der Waals surface area contributed by atoms with Crippen molar-refractivity contribution in [3.63, 3.8) is 0 Å². The van der Waals surface area contributed by atoms with Crippen molar-refractivity contribution in [3.8, 4) is 80.4 Å². The van der Waals surface area contributed by atoms with Crippen LogP contribution in [0.5, 0.6) is 0 Å². The highest BCUT2D eigenvalue weighted by atomic mass is 16.4. The van der Waals surface area contributed by atoms with Crippen LogP contribution >= 0.6 is 0 Å². The van der Waals surface area contributed by atoms with E-state index in [-0.39, 0.29) is 0 Å². The van der Waals surface area contributed by atoms with Gasteiger partial charge in [-0.25, -0.2) is 9.97 Å². The standard InChI is InChI=1S/C56H34N10O/c1-5-17-35(18-6-1)49-57-50(36-19-7-2-8-20-36)60-55(59-49)65-45-27-15-13-25-41(45)43-33-39(29-31-47(43)65)53-63-64-54(67-53)40-30-32-48-44(34-40)42-26-14-16-28-46(42)66(48)56-61-51(37-21-9-3-10-22-37)58-52(62-56)38-23-11-4-12-24-38/h1-34H. The maximum atomic E-state index is 6.52. The number of aromatic nitrogens is 10. The molecule has 0 unspecified atom stereocenters. The second-order valence-electron chi connectivity index (χ2n) is 16.1. The Morgan fingerprint density at radius 1 is 0.269 bits per heavy atom. The second kappa shape index (κ2) is 15.6. The predicted molar refractivity (Wildman–Crippen MR) is 262 cm³/mol. The number of nitrogens with zero attached hydrogens (tertiary/aromatic N) is 10. The van der Waals surface area contributed by atoms with Gasteiger partial charge in [0.25, 0.3) is 0 Å². The van der Waals surface area contributed by atoms with E-state index in [1.54, 1.807) is 0 Å². The van der Waals surface area contributed by atoms with E-state index in [1.165, 1.54) is 0 Å². The SMILES string of the molecule is c1ccc(-c2nc(-c3ccccc3)nc(-n3c4ccccc4c4cc(-c5nnc(-c6ccc7c(c6)c6ccccc6n7-c6nc(-c7ccccc7)nc(-c7ccccc7)n6)o5)ccc43)n2)cc1. The van der Waals surface area contributed by atoms with Gasteiger partial charge < -0.3 is 4.42 Å². The minimum atomic E-state index is 0.404. The van der Waals surface area contributed by atoms with Gasteiger partial charge in [0, 0.05) is 54.9 Å². The van der Waals surface area contributed by atoms with Crippen molar-refractivity contribution in [2.45, 2.75) is 0 Å². The third-order valence-electron chi connectivity index (χ3n) is 12.0. The Balaban J connectivity index is 0.906. The first kappa shape index (κ1) is 38.0. The number of fused-ring (bicyclic) bond motifs is 6. The van der Waals surface area contributed by atoms with Crippen molar-refractivity contribution < 1.29 is 4.42 Å². The van der Waals surface area contributed by atoms with Crippen molar-refractivity contribution >= 4 is 43.6 Å². The van der Waals surface area contributed by atoms with E-state index in [9.17, 15) is 0 Å². The molecule has 5 heterocycles. The third-order valence-corrected chi connectivity index (χ3v) is 12.0. The molecule has 0 spiro atoms. The first-order valence-electron chi connectivity index (χ1n) is 21.9. The van der Waals surface area contributed by atoms with Gasteiger partial charge in [-0.15, -0.1) is 10.2 Å². The van der Waals surface area contributed by atoms with Gasteiger partial charge in [0.2, 0.25) is 23.7 Å². The second-order valence-corrected chi connectivity index (χ2v) is 16.1. The molecule has 0 saturated carbocycles. The first-order chi connectivity index (χ1) is 33.2. The van der Waals surface area contributed by atoms with E-state index in [0.29, 0.717) is 47.0 Å². The van der Waals surface area contributed by atoms with Gasteiger partial charge in [-0.1, -0.05) is 158 Å². The zero-order chi connectivity index (χ0) is 44.3. The van der Waals surface area contributed by atoms with E-state index in [4.69, 9.17) is 34.3 Å². The Morgan fingerprint density at radius 3 is 0.940 bits per heavy atom. The summed E-state index contributed by atoms with van der Waals surface area (Å²) < 4.78 is 10.7. The summed E-state index contributed by atoms with van der Waals surface area (Å²) >= 11 is 0. The Hall–Kier alpha value is -9.48. The topological polar surface area (TPSA) is 126 Å². The van der Waals surface area contributed by atoms with Crippen molar-refractivity contribution in [1.29, 1.82) is 0 Å². The average Bonchev–Trinajstić information content (AvgIpc) is 4.13. The molecular formula is C56H34N10O. The zero-order valence-corrected chi connectivity index (χ0v) is 35.5. The molecule has 0 N–H and O–H groups in total. The summed E-state index contributed by atoms with van der Waals surface area (Å²) in [5.74, 6) is 4.21. The number of benzene rings is 8. The van der Waals surface area contributed by atoms with Crippen molar-refractivity contribution in [1.82, 2.24) is 49.2 Å². The van der Waals surface area contributed by atoms with Crippen LogP contribution in [0.2, 0.25) is 0 Å². The average molecular weight is 863 g/mol. The third kappa shape index (κ3) is 6.60. The van der Waals surface area contributed by atoms with E-state index in [0.717, 1.165) is 77.0 Å². The van der Waals surface area contributed by atoms with E-state index in [1.807, 2.05) is 158 Å². The maximum absolute atomic E-state index is 6.52. The van der Waals surface area contributed by atoms with Crippen LogP contribution in [0.4, 0.5) is 0 Å². The molecule has 5 aromatic heterocycles. The fourth-order valence-corrected chi connectivity index (χ4v) is 8.89. The van der Waals surface area contributed by atoms with Gasteiger partial charge in [0.1, 0.15) is 0 Å². The fourth-order valence-electron chi connectivity index (χ4n) is 8.89. The quantitative estimate of drug-likeness (QED) is 0.147. The Bertz CT molecular complexity index is 3610. The molecule has 8 aromatic carbocycles. The molecule has 13 aromatic rings. The summed E-state index contributed by atoms with van der Waals surface area (Å²) in [6, 6.07) is 68.9.